The van der Waals surface area contributed by atoms with Crippen LogP contribution in [0.2, 0.25) is 0 Å². The van der Waals surface area contributed by atoms with Gasteiger partial charge in [0.1, 0.15) is 0 Å². The van der Waals surface area contributed by atoms with E-state index in [2.05, 4.69) is 42.3 Å². The summed E-state index contributed by atoms with van der Waals surface area (Å²) in [4.78, 5) is 12.2. The molecule has 19 heavy (non-hydrogen) atoms. The lowest BCUT2D eigenvalue weighted by atomic mass is 10.2. The van der Waals surface area contributed by atoms with E-state index >= 15 is 0 Å². The van der Waals surface area contributed by atoms with Gasteiger partial charge in [-0.25, -0.2) is 0 Å². The molecular weight excluding hydrogens is 374 g/mol. The van der Waals surface area contributed by atoms with Crippen molar-refractivity contribution in [1.29, 1.82) is 0 Å². The number of nitrogens with zero attached hydrogens (tertiary/aromatic N) is 2. The van der Waals surface area contributed by atoms with E-state index in [1.165, 1.54) is 0 Å². The first kappa shape index (κ1) is 14.3. The van der Waals surface area contributed by atoms with E-state index in [4.69, 9.17) is 0 Å². The largest absolute Gasteiger partial charge is 0.319 e. The lowest BCUT2D eigenvalue weighted by Crippen LogP contribution is -2.13. The quantitative estimate of drug-likeness (QED) is 0.872. The fourth-order valence-electron chi connectivity index (χ4n) is 1.76. The van der Waals surface area contributed by atoms with Gasteiger partial charge in [0.15, 0.2) is 0 Å². The van der Waals surface area contributed by atoms with Crippen molar-refractivity contribution in [2.75, 3.05) is 5.32 Å². The Balaban J connectivity index is 2.25. The van der Waals surface area contributed by atoms with E-state index in [0.29, 0.717) is 5.56 Å². The maximum Gasteiger partial charge on any atom is 0.256 e. The van der Waals surface area contributed by atoms with Gasteiger partial charge in [0, 0.05) is 22.2 Å². The van der Waals surface area contributed by atoms with Crippen LogP contribution in [0, 0.1) is 0 Å². The number of hydrogen-bond acceptors (Lipinski definition) is 2. The molecule has 0 bridgehead atoms. The maximum atomic E-state index is 12.2. The average Bonchev–Trinajstić information content (AvgIpc) is 2.69. The molecule has 0 spiro atoms. The molecule has 100 valence electrons. The second kappa shape index (κ2) is 5.88. The van der Waals surface area contributed by atoms with Crippen LogP contribution in [0.1, 0.15) is 23.0 Å². The van der Waals surface area contributed by atoms with Crippen LogP contribution in [0.15, 0.2) is 33.3 Å². The molecule has 1 aromatic heterocycles. The minimum absolute atomic E-state index is 0.151. The summed E-state index contributed by atoms with van der Waals surface area (Å²) in [6.07, 6.45) is 2.58. The molecule has 0 aliphatic heterocycles. The van der Waals surface area contributed by atoms with Gasteiger partial charge < -0.3 is 5.32 Å². The van der Waals surface area contributed by atoms with Gasteiger partial charge in [0.25, 0.3) is 5.91 Å². The first-order valence-corrected chi connectivity index (χ1v) is 7.38. The molecule has 2 rings (SSSR count). The van der Waals surface area contributed by atoms with Gasteiger partial charge in [-0.2, -0.15) is 5.10 Å². The third kappa shape index (κ3) is 3.25. The summed E-state index contributed by atoms with van der Waals surface area (Å²) in [6.45, 7) is 2.01. The summed E-state index contributed by atoms with van der Waals surface area (Å²) in [7, 11) is 1.84. The monoisotopic (exact) mass is 385 g/mol. The third-order valence-electron chi connectivity index (χ3n) is 2.66. The molecule has 0 aliphatic rings. The second-order valence-corrected chi connectivity index (χ2v) is 5.86. The SMILES string of the molecule is CCc1nn(C)cc1NC(=O)c1ccc(Br)cc1Br. The Kier molecular flexibility index (Phi) is 4.42. The fraction of sp³-hybridized carbons (Fsp3) is 0.231. The van der Waals surface area contributed by atoms with Crippen LogP contribution in [0.4, 0.5) is 5.69 Å². The molecule has 4 nitrogen and oxygen atoms in total. The Morgan fingerprint density at radius 3 is 2.79 bits per heavy atom. The summed E-state index contributed by atoms with van der Waals surface area (Å²) in [5.41, 5.74) is 2.23. The average molecular weight is 387 g/mol. The van der Waals surface area contributed by atoms with Crippen molar-refractivity contribution in [3.63, 3.8) is 0 Å². The van der Waals surface area contributed by atoms with Crippen molar-refractivity contribution in [2.24, 2.45) is 7.05 Å². The van der Waals surface area contributed by atoms with Crippen molar-refractivity contribution in [3.05, 3.63) is 44.6 Å². The Morgan fingerprint density at radius 1 is 1.42 bits per heavy atom. The van der Waals surface area contributed by atoms with Crippen LogP contribution in [0.25, 0.3) is 0 Å². The number of rotatable bonds is 3. The van der Waals surface area contributed by atoms with Crippen LogP contribution in [0.3, 0.4) is 0 Å². The number of carbonyl (C=O) groups excluding carboxylic acids is 1. The Labute approximate surface area is 128 Å². The number of aryl methyl sites for hydroxylation is 2. The van der Waals surface area contributed by atoms with Gasteiger partial charge in [0.2, 0.25) is 0 Å². The summed E-state index contributed by atoms with van der Waals surface area (Å²) < 4.78 is 3.37. The van der Waals surface area contributed by atoms with Gasteiger partial charge in [-0.05, 0) is 40.5 Å². The summed E-state index contributed by atoms with van der Waals surface area (Å²) >= 11 is 6.75. The van der Waals surface area contributed by atoms with Gasteiger partial charge in [-0.15, -0.1) is 0 Å². The van der Waals surface area contributed by atoms with Crippen molar-refractivity contribution < 1.29 is 4.79 Å². The number of amides is 1. The zero-order chi connectivity index (χ0) is 14.0. The molecule has 1 heterocycles. The predicted molar refractivity (Wildman–Crippen MR) is 82.4 cm³/mol. The zero-order valence-electron chi connectivity index (χ0n) is 10.6. The first-order valence-electron chi connectivity index (χ1n) is 5.80. The van der Waals surface area contributed by atoms with Crippen molar-refractivity contribution in [3.8, 4) is 0 Å². The smallest absolute Gasteiger partial charge is 0.256 e. The normalized spacial score (nSPS) is 10.5. The number of carbonyl (C=O) groups is 1. The highest BCUT2D eigenvalue weighted by atomic mass is 79.9. The lowest BCUT2D eigenvalue weighted by molar-refractivity contribution is 0.102. The highest BCUT2D eigenvalue weighted by molar-refractivity contribution is 9.11. The fourth-order valence-corrected chi connectivity index (χ4v) is 2.99. The number of halogens is 2. The molecule has 0 saturated carbocycles. The molecule has 1 amide bonds. The van der Waals surface area contributed by atoms with E-state index in [0.717, 1.165) is 26.7 Å². The predicted octanol–water partition coefficient (Wildman–Crippen LogP) is 3.76. The van der Waals surface area contributed by atoms with Crippen LogP contribution < -0.4 is 5.32 Å². The molecule has 0 fully saturated rings. The molecule has 1 N–H and O–H groups in total. The van der Waals surface area contributed by atoms with Crippen molar-refractivity contribution in [1.82, 2.24) is 9.78 Å². The van der Waals surface area contributed by atoms with Crippen LogP contribution in [-0.4, -0.2) is 15.7 Å². The maximum absolute atomic E-state index is 12.2. The Morgan fingerprint density at radius 2 is 2.16 bits per heavy atom. The molecule has 6 heteroatoms. The molecule has 0 saturated heterocycles. The van der Waals surface area contributed by atoms with E-state index < -0.39 is 0 Å². The van der Waals surface area contributed by atoms with Crippen LogP contribution >= 0.6 is 31.9 Å². The molecule has 1 aromatic carbocycles. The minimum atomic E-state index is -0.151. The van der Waals surface area contributed by atoms with E-state index in [1.807, 2.05) is 32.3 Å². The Hall–Kier alpha value is -1.14. The highest BCUT2D eigenvalue weighted by Gasteiger charge is 2.13. The first-order chi connectivity index (χ1) is 9.01. The summed E-state index contributed by atoms with van der Waals surface area (Å²) in [5.74, 6) is -0.151. The number of hydrogen-bond donors (Lipinski definition) is 1. The minimum Gasteiger partial charge on any atom is -0.319 e. The Bertz CT molecular complexity index is 622. The van der Waals surface area contributed by atoms with Crippen LogP contribution in [0.5, 0.6) is 0 Å². The number of benzene rings is 1. The van der Waals surface area contributed by atoms with Gasteiger partial charge in [0.05, 0.1) is 16.9 Å². The summed E-state index contributed by atoms with van der Waals surface area (Å²) in [5, 5.41) is 7.19. The molecule has 0 aliphatic carbocycles. The van der Waals surface area contributed by atoms with E-state index in [1.54, 1.807) is 10.7 Å². The molecule has 0 atom stereocenters. The van der Waals surface area contributed by atoms with Crippen LogP contribution in [-0.2, 0) is 13.5 Å². The molecular formula is C13H13Br2N3O. The van der Waals surface area contributed by atoms with Crippen molar-refractivity contribution in [2.45, 2.75) is 13.3 Å². The third-order valence-corrected chi connectivity index (χ3v) is 3.81. The molecule has 0 unspecified atom stereocenters. The number of aromatic nitrogens is 2. The molecule has 2 aromatic rings. The van der Waals surface area contributed by atoms with E-state index in [-0.39, 0.29) is 5.91 Å². The van der Waals surface area contributed by atoms with E-state index in [9.17, 15) is 4.79 Å². The molecule has 0 radical (unpaired) electrons. The second-order valence-electron chi connectivity index (χ2n) is 4.09. The zero-order valence-corrected chi connectivity index (χ0v) is 13.7. The van der Waals surface area contributed by atoms with Gasteiger partial charge in [-0.3, -0.25) is 9.48 Å². The lowest BCUT2D eigenvalue weighted by Gasteiger charge is -2.06. The van der Waals surface area contributed by atoms with Gasteiger partial charge in [-0.1, -0.05) is 22.9 Å². The van der Waals surface area contributed by atoms with Crippen molar-refractivity contribution >= 4 is 43.5 Å². The standard InChI is InChI=1S/C13H13Br2N3O/c1-3-11-12(7-18(2)17-11)16-13(19)9-5-4-8(14)6-10(9)15/h4-7H,3H2,1-2H3,(H,16,19). The highest BCUT2D eigenvalue weighted by Crippen LogP contribution is 2.23. The summed E-state index contributed by atoms with van der Waals surface area (Å²) in [6, 6.07) is 5.45. The number of anilines is 1. The van der Waals surface area contributed by atoms with Gasteiger partial charge >= 0.3 is 0 Å². The number of nitrogens with one attached hydrogen (secondary N) is 1. The topological polar surface area (TPSA) is 46.9 Å².